The Morgan fingerprint density at radius 1 is 1.14 bits per heavy atom. The smallest absolute Gasteiger partial charge is 0.416 e. The van der Waals surface area contributed by atoms with Crippen LogP contribution in [0.25, 0.3) is 0 Å². The Morgan fingerprint density at radius 2 is 1.86 bits per heavy atom. The molecular formula is C15H9F4NO2. The van der Waals surface area contributed by atoms with Crippen LogP contribution in [0, 0.1) is 17.1 Å². The highest BCUT2D eigenvalue weighted by molar-refractivity contribution is 5.44. The Morgan fingerprint density at radius 3 is 2.41 bits per heavy atom. The van der Waals surface area contributed by atoms with Gasteiger partial charge in [0.05, 0.1) is 23.8 Å². The fourth-order valence-corrected chi connectivity index (χ4v) is 1.74. The van der Waals surface area contributed by atoms with E-state index >= 15 is 0 Å². The minimum absolute atomic E-state index is 0.253. The molecule has 0 atom stereocenters. The largest absolute Gasteiger partial charge is 0.454 e. The topological polar surface area (TPSA) is 53.2 Å². The van der Waals surface area contributed by atoms with E-state index in [0.717, 1.165) is 12.1 Å². The Hall–Kier alpha value is -2.59. The average molecular weight is 311 g/mol. The van der Waals surface area contributed by atoms with Gasteiger partial charge in [0.1, 0.15) is 5.75 Å². The monoisotopic (exact) mass is 311 g/mol. The zero-order valence-corrected chi connectivity index (χ0v) is 11.0. The number of nitriles is 1. The molecule has 0 aliphatic carbocycles. The molecule has 2 aromatic rings. The molecule has 0 aliphatic heterocycles. The van der Waals surface area contributed by atoms with Crippen molar-refractivity contribution in [2.75, 3.05) is 0 Å². The maximum absolute atomic E-state index is 13.7. The van der Waals surface area contributed by atoms with E-state index in [9.17, 15) is 17.6 Å². The van der Waals surface area contributed by atoms with E-state index in [0.29, 0.717) is 17.7 Å². The highest BCUT2D eigenvalue weighted by Gasteiger charge is 2.31. The first-order valence-corrected chi connectivity index (χ1v) is 6.03. The predicted molar refractivity (Wildman–Crippen MR) is 68.6 cm³/mol. The zero-order chi connectivity index (χ0) is 16.3. The predicted octanol–water partition coefficient (Wildman–Crippen LogP) is 4.00. The number of alkyl halides is 3. The van der Waals surface area contributed by atoms with Gasteiger partial charge in [-0.15, -0.1) is 0 Å². The summed E-state index contributed by atoms with van der Waals surface area (Å²) in [5, 5.41) is 17.6. The summed E-state index contributed by atoms with van der Waals surface area (Å²) < 4.78 is 57.0. The second-order valence-corrected chi connectivity index (χ2v) is 4.38. The SMILES string of the molecule is N#Cc1cc(Oc2ccc(CO)cc2F)cc(C(F)(F)F)c1. The molecule has 114 valence electrons. The molecule has 1 N–H and O–H groups in total. The van der Waals surface area contributed by atoms with Crippen LogP contribution in [0.1, 0.15) is 16.7 Å². The van der Waals surface area contributed by atoms with Crippen LogP contribution in [-0.4, -0.2) is 5.11 Å². The number of nitrogens with zero attached hydrogens (tertiary/aromatic N) is 1. The summed E-state index contributed by atoms with van der Waals surface area (Å²) in [5.74, 6) is -1.44. The molecule has 0 saturated carbocycles. The van der Waals surface area contributed by atoms with Crippen molar-refractivity contribution in [3.05, 3.63) is 58.9 Å². The van der Waals surface area contributed by atoms with Crippen LogP contribution in [0.3, 0.4) is 0 Å². The Balaban J connectivity index is 2.39. The van der Waals surface area contributed by atoms with Gasteiger partial charge >= 0.3 is 6.18 Å². The summed E-state index contributed by atoms with van der Waals surface area (Å²) in [6.45, 7) is -0.376. The summed E-state index contributed by atoms with van der Waals surface area (Å²) >= 11 is 0. The third-order valence-corrected chi connectivity index (χ3v) is 2.77. The van der Waals surface area contributed by atoms with Crippen LogP contribution in [0.15, 0.2) is 36.4 Å². The second kappa shape index (κ2) is 6.03. The molecule has 0 aliphatic rings. The standard InChI is InChI=1S/C15H9F4NO2/c16-13-5-9(8-21)1-2-14(13)22-12-4-10(7-20)3-11(6-12)15(17,18)19/h1-6,21H,8H2. The van der Waals surface area contributed by atoms with Crippen LogP contribution in [0.2, 0.25) is 0 Å². The van der Waals surface area contributed by atoms with Crippen molar-refractivity contribution in [3.8, 4) is 17.6 Å². The maximum Gasteiger partial charge on any atom is 0.416 e. The van der Waals surface area contributed by atoms with Crippen LogP contribution in [-0.2, 0) is 12.8 Å². The Kier molecular flexibility index (Phi) is 4.33. The van der Waals surface area contributed by atoms with Gasteiger partial charge in [-0.25, -0.2) is 4.39 Å². The lowest BCUT2D eigenvalue weighted by atomic mass is 10.1. The van der Waals surface area contributed by atoms with Gasteiger partial charge in [0.2, 0.25) is 0 Å². The van der Waals surface area contributed by atoms with Crippen molar-refractivity contribution < 1.29 is 27.4 Å². The first-order chi connectivity index (χ1) is 10.3. The number of halogens is 4. The fraction of sp³-hybridized carbons (Fsp3) is 0.133. The number of ether oxygens (including phenoxy) is 1. The molecule has 7 heteroatoms. The zero-order valence-electron chi connectivity index (χ0n) is 11.0. The quantitative estimate of drug-likeness (QED) is 0.872. The maximum atomic E-state index is 13.7. The van der Waals surface area contributed by atoms with E-state index < -0.39 is 17.6 Å². The minimum Gasteiger partial charge on any atom is -0.454 e. The second-order valence-electron chi connectivity index (χ2n) is 4.38. The molecule has 0 fully saturated rings. The van der Waals surface area contributed by atoms with Gasteiger partial charge in [-0.05, 0) is 35.9 Å². The highest BCUT2D eigenvalue weighted by atomic mass is 19.4. The molecule has 0 radical (unpaired) electrons. The molecule has 0 spiro atoms. The van der Waals surface area contributed by atoms with E-state index in [-0.39, 0.29) is 23.7 Å². The molecule has 0 bridgehead atoms. The van der Waals surface area contributed by atoms with E-state index in [2.05, 4.69) is 0 Å². The number of hydrogen-bond acceptors (Lipinski definition) is 3. The van der Waals surface area contributed by atoms with Crippen molar-refractivity contribution in [1.29, 1.82) is 5.26 Å². The van der Waals surface area contributed by atoms with Crippen molar-refractivity contribution in [2.45, 2.75) is 12.8 Å². The first-order valence-electron chi connectivity index (χ1n) is 6.03. The lowest BCUT2D eigenvalue weighted by molar-refractivity contribution is -0.137. The molecule has 0 aromatic heterocycles. The van der Waals surface area contributed by atoms with E-state index in [1.54, 1.807) is 6.07 Å². The van der Waals surface area contributed by atoms with Gasteiger partial charge in [0.25, 0.3) is 0 Å². The lowest BCUT2D eigenvalue weighted by Crippen LogP contribution is -2.05. The molecule has 0 unspecified atom stereocenters. The normalized spacial score (nSPS) is 11.1. The average Bonchev–Trinajstić information content (AvgIpc) is 2.48. The number of aliphatic hydroxyl groups excluding tert-OH is 1. The van der Waals surface area contributed by atoms with E-state index in [1.165, 1.54) is 12.1 Å². The molecule has 2 rings (SSSR count). The van der Waals surface area contributed by atoms with Crippen LogP contribution in [0.4, 0.5) is 17.6 Å². The fourth-order valence-electron chi connectivity index (χ4n) is 1.74. The third-order valence-electron chi connectivity index (χ3n) is 2.77. The summed E-state index contributed by atoms with van der Waals surface area (Å²) in [6.07, 6.45) is -4.65. The Bertz CT molecular complexity index is 735. The van der Waals surface area contributed by atoms with E-state index in [1.807, 2.05) is 0 Å². The summed E-state index contributed by atoms with van der Waals surface area (Å²) in [4.78, 5) is 0. The molecule has 3 nitrogen and oxygen atoms in total. The van der Waals surface area contributed by atoms with Gasteiger partial charge in [-0.1, -0.05) is 6.07 Å². The summed E-state index contributed by atoms with van der Waals surface area (Å²) in [7, 11) is 0. The summed E-state index contributed by atoms with van der Waals surface area (Å²) in [6, 6.07) is 7.60. The molecule has 0 amide bonds. The third kappa shape index (κ3) is 3.54. The van der Waals surface area contributed by atoms with E-state index in [4.69, 9.17) is 15.1 Å². The van der Waals surface area contributed by atoms with Gasteiger partial charge in [0, 0.05) is 0 Å². The Labute approximate surface area is 123 Å². The number of aliphatic hydroxyl groups is 1. The van der Waals surface area contributed by atoms with Crippen LogP contribution < -0.4 is 4.74 Å². The van der Waals surface area contributed by atoms with Gasteiger partial charge in [0.15, 0.2) is 11.6 Å². The number of benzene rings is 2. The molecular weight excluding hydrogens is 302 g/mol. The minimum atomic E-state index is -4.65. The molecule has 0 heterocycles. The lowest BCUT2D eigenvalue weighted by Gasteiger charge is -2.11. The van der Waals surface area contributed by atoms with Crippen molar-refractivity contribution in [1.82, 2.24) is 0 Å². The van der Waals surface area contributed by atoms with Crippen LogP contribution in [0.5, 0.6) is 11.5 Å². The highest BCUT2D eigenvalue weighted by Crippen LogP contribution is 2.34. The molecule has 2 aromatic carbocycles. The van der Waals surface area contributed by atoms with Crippen molar-refractivity contribution in [2.24, 2.45) is 0 Å². The van der Waals surface area contributed by atoms with Crippen molar-refractivity contribution >= 4 is 0 Å². The van der Waals surface area contributed by atoms with Gasteiger partial charge in [-0.3, -0.25) is 0 Å². The number of rotatable bonds is 3. The molecule has 22 heavy (non-hydrogen) atoms. The van der Waals surface area contributed by atoms with Gasteiger partial charge in [-0.2, -0.15) is 18.4 Å². The first kappa shape index (κ1) is 15.8. The summed E-state index contributed by atoms with van der Waals surface area (Å²) in [5.41, 5.74) is -1.02. The van der Waals surface area contributed by atoms with Gasteiger partial charge < -0.3 is 9.84 Å². The van der Waals surface area contributed by atoms with Crippen LogP contribution >= 0.6 is 0 Å². The number of hydrogen-bond donors (Lipinski definition) is 1. The van der Waals surface area contributed by atoms with Crippen molar-refractivity contribution in [3.63, 3.8) is 0 Å². The molecule has 0 saturated heterocycles.